The fraction of sp³-hybridized carbons (Fsp3) is 0.538. The molecule has 2 aliphatic rings. The van der Waals surface area contributed by atoms with Gasteiger partial charge >= 0.3 is 6.36 Å². The molecular formula is C13H15F3N2O. The monoisotopic (exact) mass is 272 g/mol. The Morgan fingerprint density at radius 1 is 1.16 bits per heavy atom. The predicted molar refractivity (Wildman–Crippen MR) is 63.7 cm³/mol. The van der Waals surface area contributed by atoms with Gasteiger partial charge in [-0.2, -0.15) is 0 Å². The number of alkyl halides is 3. The molecule has 3 nitrogen and oxygen atoms in total. The average molecular weight is 272 g/mol. The van der Waals surface area contributed by atoms with Crippen LogP contribution in [0.1, 0.15) is 12.0 Å². The number of hydrogen-bond donors (Lipinski definition) is 1. The summed E-state index contributed by atoms with van der Waals surface area (Å²) in [6.45, 7) is 2.81. The molecule has 0 aromatic heterocycles. The molecule has 0 amide bonds. The van der Waals surface area contributed by atoms with Crippen LogP contribution in [0.3, 0.4) is 0 Å². The van der Waals surface area contributed by atoms with Gasteiger partial charge in [-0.3, -0.25) is 4.90 Å². The number of piperazine rings is 1. The maximum absolute atomic E-state index is 12.0. The minimum atomic E-state index is -4.62. The number of ether oxygens (including phenoxy) is 1. The van der Waals surface area contributed by atoms with Gasteiger partial charge in [-0.15, -0.1) is 13.2 Å². The molecule has 2 aliphatic heterocycles. The zero-order valence-corrected chi connectivity index (χ0v) is 10.3. The molecule has 1 aromatic rings. The lowest BCUT2D eigenvalue weighted by atomic mass is 9.88. The lowest BCUT2D eigenvalue weighted by molar-refractivity contribution is -0.274. The lowest BCUT2D eigenvalue weighted by Gasteiger charge is -2.53. The molecule has 1 aromatic carbocycles. The number of nitrogens with zero attached hydrogens (tertiary/aromatic N) is 1. The molecule has 104 valence electrons. The molecule has 2 bridgehead atoms. The van der Waals surface area contributed by atoms with Crippen molar-refractivity contribution >= 4 is 0 Å². The number of rotatable bonds is 3. The molecule has 3 rings (SSSR count). The molecule has 1 N–H and O–H groups in total. The molecule has 2 saturated heterocycles. The number of hydrogen-bond acceptors (Lipinski definition) is 3. The summed E-state index contributed by atoms with van der Waals surface area (Å²) in [4.78, 5) is 2.40. The summed E-state index contributed by atoms with van der Waals surface area (Å²) in [6.07, 6.45) is -3.40. The molecule has 0 spiro atoms. The Labute approximate surface area is 109 Å². The van der Waals surface area contributed by atoms with Crippen molar-refractivity contribution in [3.05, 3.63) is 29.8 Å². The molecule has 0 aliphatic carbocycles. The number of benzene rings is 1. The van der Waals surface area contributed by atoms with E-state index in [9.17, 15) is 13.2 Å². The largest absolute Gasteiger partial charge is 0.573 e. The number of fused-ring (bicyclic) bond motifs is 2. The van der Waals surface area contributed by atoms with Gasteiger partial charge in [0, 0.05) is 31.7 Å². The van der Waals surface area contributed by atoms with Gasteiger partial charge in [-0.05, 0) is 24.1 Å². The fourth-order valence-electron chi connectivity index (χ4n) is 2.83. The first-order valence-electron chi connectivity index (χ1n) is 6.32. The predicted octanol–water partition coefficient (Wildman–Crippen LogP) is 2.13. The summed E-state index contributed by atoms with van der Waals surface area (Å²) in [6, 6.07) is 7.29. The normalized spacial score (nSPS) is 26.9. The standard InChI is InChI=1S/C13H15F3N2O/c14-13(15,16)19-12-3-1-9(2-4-12)8-18-10-5-11(18)7-17-6-10/h1-4,10-11,17H,5-8H2. The first-order valence-corrected chi connectivity index (χ1v) is 6.32. The Balaban J connectivity index is 1.60. The van der Waals surface area contributed by atoms with Crippen LogP contribution >= 0.6 is 0 Å². The number of piperidine rings is 1. The van der Waals surface area contributed by atoms with Gasteiger partial charge in [0.25, 0.3) is 0 Å². The Hall–Kier alpha value is -1.27. The van der Waals surface area contributed by atoms with Crippen molar-refractivity contribution in [2.45, 2.75) is 31.4 Å². The van der Waals surface area contributed by atoms with E-state index in [0.29, 0.717) is 12.1 Å². The van der Waals surface area contributed by atoms with Crippen LogP contribution in [-0.2, 0) is 6.54 Å². The second kappa shape index (κ2) is 4.68. The molecule has 2 heterocycles. The maximum atomic E-state index is 12.0. The van der Waals surface area contributed by atoms with Crippen LogP contribution in [0.15, 0.2) is 24.3 Å². The third-order valence-electron chi connectivity index (χ3n) is 3.76. The Morgan fingerprint density at radius 2 is 1.79 bits per heavy atom. The second-order valence-corrected chi connectivity index (χ2v) is 5.07. The first-order chi connectivity index (χ1) is 9.01. The highest BCUT2D eigenvalue weighted by Gasteiger charge is 2.40. The van der Waals surface area contributed by atoms with Crippen LogP contribution in [0.25, 0.3) is 0 Å². The molecule has 0 saturated carbocycles. The quantitative estimate of drug-likeness (QED) is 0.912. The third kappa shape index (κ3) is 2.84. The van der Waals surface area contributed by atoms with E-state index < -0.39 is 6.36 Å². The van der Waals surface area contributed by atoms with Crippen molar-refractivity contribution in [2.24, 2.45) is 0 Å². The van der Waals surface area contributed by atoms with Gasteiger partial charge in [-0.25, -0.2) is 0 Å². The minimum Gasteiger partial charge on any atom is -0.406 e. The summed E-state index contributed by atoms with van der Waals surface area (Å²) < 4.78 is 40.0. The van der Waals surface area contributed by atoms with Gasteiger partial charge in [0.1, 0.15) is 5.75 Å². The SMILES string of the molecule is FC(F)(F)Oc1ccc(CN2C3CNCC2C3)cc1. The summed E-state index contributed by atoms with van der Waals surface area (Å²) in [5, 5.41) is 3.35. The Bertz CT molecular complexity index is 432. The van der Waals surface area contributed by atoms with Crippen molar-refractivity contribution in [3.63, 3.8) is 0 Å². The van der Waals surface area contributed by atoms with Crippen LogP contribution in [0.5, 0.6) is 5.75 Å². The Morgan fingerprint density at radius 3 is 2.32 bits per heavy atom. The summed E-state index contributed by atoms with van der Waals surface area (Å²) in [5.41, 5.74) is 1.02. The third-order valence-corrected chi connectivity index (χ3v) is 3.76. The summed E-state index contributed by atoms with van der Waals surface area (Å²) >= 11 is 0. The highest BCUT2D eigenvalue weighted by atomic mass is 19.4. The molecule has 2 unspecified atom stereocenters. The maximum Gasteiger partial charge on any atom is 0.573 e. The van der Waals surface area contributed by atoms with Gasteiger partial charge in [0.05, 0.1) is 0 Å². The van der Waals surface area contributed by atoms with Gasteiger partial charge in [-0.1, -0.05) is 12.1 Å². The van der Waals surface area contributed by atoms with Crippen LogP contribution in [0, 0.1) is 0 Å². The van der Waals surface area contributed by atoms with E-state index in [1.165, 1.54) is 18.6 Å². The summed E-state index contributed by atoms with van der Waals surface area (Å²) in [7, 11) is 0. The van der Waals surface area contributed by atoms with Gasteiger partial charge < -0.3 is 10.1 Å². The van der Waals surface area contributed by atoms with E-state index in [0.717, 1.165) is 25.2 Å². The average Bonchev–Trinajstić information content (AvgIpc) is 2.37. The highest BCUT2D eigenvalue weighted by Crippen LogP contribution is 2.30. The molecule has 0 radical (unpaired) electrons. The first kappa shape index (κ1) is 12.7. The van der Waals surface area contributed by atoms with Crippen molar-refractivity contribution in [2.75, 3.05) is 13.1 Å². The molecule has 6 heteroatoms. The topological polar surface area (TPSA) is 24.5 Å². The Kier molecular flexibility index (Phi) is 3.14. The fourth-order valence-corrected chi connectivity index (χ4v) is 2.83. The second-order valence-electron chi connectivity index (χ2n) is 5.07. The van der Waals surface area contributed by atoms with E-state index >= 15 is 0 Å². The highest BCUT2D eigenvalue weighted by molar-refractivity contribution is 5.27. The summed E-state index contributed by atoms with van der Waals surface area (Å²) in [5.74, 6) is -0.165. The van der Waals surface area contributed by atoms with E-state index in [2.05, 4.69) is 15.0 Å². The van der Waals surface area contributed by atoms with Crippen LogP contribution in [-0.4, -0.2) is 36.4 Å². The molecule has 19 heavy (non-hydrogen) atoms. The van der Waals surface area contributed by atoms with E-state index in [1.54, 1.807) is 12.1 Å². The van der Waals surface area contributed by atoms with Gasteiger partial charge in [0.15, 0.2) is 0 Å². The zero-order chi connectivity index (χ0) is 13.5. The zero-order valence-electron chi connectivity index (χ0n) is 10.3. The molecule has 2 atom stereocenters. The smallest absolute Gasteiger partial charge is 0.406 e. The molecular weight excluding hydrogens is 257 g/mol. The van der Waals surface area contributed by atoms with Crippen molar-refractivity contribution < 1.29 is 17.9 Å². The number of halogens is 3. The number of nitrogens with one attached hydrogen (secondary N) is 1. The van der Waals surface area contributed by atoms with Crippen molar-refractivity contribution in [1.29, 1.82) is 0 Å². The van der Waals surface area contributed by atoms with E-state index in [-0.39, 0.29) is 5.75 Å². The van der Waals surface area contributed by atoms with E-state index in [1.807, 2.05) is 0 Å². The van der Waals surface area contributed by atoms with Crippen LogP contribution < -0.4 is 10.1 Å². The van der Waals surface area contributed by atoms with Crippen molar-refractivity contribution in [1.82, 2.24) is 10.2 Å². The minimum absolute atomic E-state index is 0.165. The molecule has 2 fully saturated rings. The van der Waals surface area contributed by atoms with E-state index in [4.69, 9.17) is 0 Å². The lowest BCUT2D eigenvalue weighted by Crippen LogP contribution is -2.67. The van der Waals surface area contributed by atoms with Crippen molar-refractivity contribution in [3.8, 4) is 5.75 Å². The van der Waals surface area contributed by atoms with Gasteiger partial charge in [0.2, 0.25) is 0 Å². The van der Waals surface area contributed by atoms with Crippen LogP contribution in [0.2, 0.25) is 0 Å². The van der Waals surface area contributed by atoms with Crippen LogP contribution in [0.4, 0.5) is 13.2 Å².